The number of benzene rings is 2. The molecule has 0 bridgehead atoms. The standard InChI is InChI=1S/C23H25N3OS/c1-26(2)19(16-18-10-5-3-6-11-18)17-25-22(27)21-14-9-15-24-23(21)28-20-12-7-4-8-13-20/h3-15,19H,16-17H2,1-2H3,(H,25,27)/t19-/m1/s1. The molecular weight excluding hydrogens is 366 g/mol. The predicted octanol–water partition coefficient (Wildman–Crippen LogP) is 4.14. The molecule has 28 heavy (non-hydrogen) atoms. The molecule has 0 spiro atoms. The highest BCUT2D eigenvalue weighted by molar-refractivity contribution is 7.99. The van der Waals surface area contributed by atoms with Crippen molar-refractivity contribution in [3.05, 3.63) is 90.1 Å². The molecule has 0 saturated heterocycles. The van der Waals surface area contributed by atoms with E-state index in [2.05, 4.69) is 27.3 Å². The lowest BCUT2D eigenvalue weighted by molar-refractivity contribution is 0.0938. The molecule has 0 fully saturated rings. The molecule has 3 aromatic rings. The molecule has 0 aliphatic heterocycles. The number of rotatable bonds is 8. The quantitative estimate of drug-likeness (QED) is 0.627. The van der Waals surface area contributed by atoms with E-state index in [4.69, 9.17) is 0 Å². The number of aromatic nitrogens is 1. The number of nitrogens with zero attached hydrogens (tertiary/aromatic N) is 2. The molecule has 1 atom stereocenters. The van der Waals surface area contributed by atoms with Gasteiger partial charge in [0.15, 0.2) is 0 Å². The van der Waals surface area contributed by atoms with Crippen LogP contribution in [0.3, 0.4) is 0 Å². The van der Waals surface area contributed by atoms with Gasteiger partial charge in [-0.05, 0) is 50.3 Å². The number of carbonyl (C=O) groups is 1. The van der Waals surface area contributed by atoms with Gasteiger partial charge in [-0.2, -0.15) is 0 Å². The lowest BCUT2D eigenvalue weighted by atomic mass is 10.1. The summed E-state index contributed by atoms with van der Waals surface area (Å²) < 4.78 is 0. The zero-order valence-electron chi connectivity index (χ0n) is 16.2. The Morgan fingerprint density at radius 2 is 1.68 bits per heavy atom. The third-order valence-corrected chi connectivity index (χ3v) is 5.54. The molecule has 1 heterocycles. The molecule has 1 amide bonds. The average Bonchev–Trinajstić information content (AvgIpc) is 2.72. The Labute approximate surface area is 171 Å². The molecule has 144 valence electrons. The Morgan fingerprint density at radius 1 is 1.00 bits per heavy atom. The smallest absolute Gasteiger partial charge is 0.254 e. The second-order valence-electron chi connectivity index (χ2n) is 6.79. The van der Waals surface area contributed by atoms with Crippen LogP contribution in [0.15, 0.2) is 88.9 Å². The Morgan fingerprint density at radius 3 is 2.36 bits per heavy atom. The van der Waals surface area contributed by atoms with Crippen LogP contribution in [0.4, 0.5) is 0 Å². The highest BCUT2D eigenvalue weighted by Crippen LogP contribution is 2.28. The van der Waals surface area contributed by atoms with E-state index >= 15 is 0 Å². The fraction of sp³-hybridized carbons (Fsp3) is 0.217. The summed E-state index contributed by atoms with van der Waals surface area (Å²) in [5.74, 6) is -0.0913. The van der Waals surface area contributed by atoms with Crippen LogP contribution in [0.1, 0.15) is 15.9 Å². The minimum atomic E-state index is -0.0913. The van der Waals surface area contributed by atoms with Gasteiger partial charge in [-0.1, -0.05) is 60.3 Å². The number of likely N-dealkylation sites (N-methyl/N-ethyl adjacent to an activating group) is 1. The molecule has 2 aromatic carbocycles. The van der Waals surface area contributed by atoms with Gasteiger partial charge in [-0.15, -0.1) is 0 Å². The summed E-state index contributed by atoms with van der Waals surface area (Å²) in [5, 5.41) is 3.81. The van der Waals surface area contributed by atoms with E-state index in [0.29, 0.717) is 12.1 Å². The normalized spacial score (nSPS) is 12.0. The number of nitrogens with one attached hydrogen (secondary N) is 1. The van der Waals surface area contributed by atoms with Crippen molar-refractivity contribution in [1.82, 2.24) is 15.2 Å². The van der Waals surface area contributed by atoms with E-state index in [1.807, 2.05) is 68.7 Å². The fourth-order valence-corrected chi connectivity index (χ4v) is 3.78. The summed E-state index contributed by atoms with van der Waals surface area (Å²) in [6.45, 7) is 0.574. The second kappa shape index (κ2) is 10.1. The van der Waals surface area contributed by atoms with Crippen molar-refractivity contribution in [3.8, 4) is 0 Å². The molecule has 0 saturated carbocycles. The molecular formula is C23H25N3OS. The molecule has 5 heteroatoms. The monoisotopic (exact) mass is 391 g/mol. The Kier molecular flexibility index (Phi) is 7.23. The molecule has 0 aliphatic rings. The van der Waals surface area contributed by atoms with Crippen LogP contribution >= 0.6 is 11.8 Å². The molecule has 1 aromatic heterocycles. The minimum Gasteiger partial charge on any atom is -0.350 e. The van der Waals surface area contributed by atoms with Crippen molar-refractivity contribution >= 4 is 17.7 Å². The number of hydrogen-bond donors (Lipinski definition) is 1. The van der Waals surface area contributed by atoms with Crippen LogP contribution in [-0.2, 0) is 6.42 Å². The molecule has 0 unspecified atom stereocenters. The summed E-state index contributed by atoms with van der Waals surface area (Å²) >= 11 is 1.50. The topological polar surface area (TPSA) is 45.2 Å². The molecule has 3 rings (SSSR count). The summed E-state index contributed by atoms with van der Waals surface area (Å²) in [6.07, 6.45) is 2.60. The van der Waals surface area contributed by atoms with E-state index in [1.165, 1.54) is 17.3 Å². The third-order valence-electron chi connectivity index (χ3n) is 4.52. The first-order valence-corrected chi connectivity index (χ1v) is 10.1. The number of pyridine rings is 1. The SMILES string of the molecule is CN(C)[C@@H](CNC(=O)c1cccnc1Sc1ccccc1)Cc1ccccc1. The highest BCUT2D eigenvalue weighted by Gasteiger charge is 2.17. The lowest BCUT2D eigenvalue weighted by Crippen LogP contribution is -2.41. The highest BCUT2D eigenvalue weighted by atomic mass is 32.2. The van der Waals surface area contributed by atoms with E-state index in [0.717, 1.165) is 16.3 Å². The van der Waals surface area contributed by atoms with Crippen molar-refractivity contribution in [1.29, 1.82) is 0 Å². The van der Waals surface area contributed by atoms with Crippen molar-refractivity contribution < 1.29 is 4.79 Å². The molecule has 0 aliphatic carbocycles. The van der Waals surface area contributed by atoms with Gasteiger partial charge >= 0.3 is 0 Å². The maximum absolute atomic E-state index is 12.9. The maximum Gasteiger partial charge on any atom is 0.254 e. The number of carbonyl (C=O) groups excluding carboxylic acids is 1. The first kappa shape index (κ1) is 20.1. The van der Waals surface area contributed by atoms with E-state index in [-0.39, 0.29) is 11.9 Å². The third kappa shape index (κ3) is 5.68. The van der Waals surface area contributed by atoms with Crippen LogP contribution < -0.4 is 5.32 Å². The van der Waals surface area contributed by atoms with Gasteiger partial charge in [0.1, 0.15) is 5.03 Å². The number of hydrogen-bond acceptors (Lipinski definition) is 4. The van der Waals surface area contributed by atoms with Gasteiger partial charge in [0.2, 0.25) is 0 Å². The van der Waals surface area contributed by atoms with Crippen molar-refractivity contribution in [3.63, 3.8) is 0 Å². The van der Waals surface area contributed by atoms with Crippen molar-refractivity contribution in [2.24, 2.45) is 0 Å². The van der Waals surface area contributed by atoms with Gasteiger partial charge in [0, 0.05) is 23.7 Å². The van der Waals surface area contributed by atoms with E-state index in [1.54, 1.807) is 12.3 Å². The summed E-state index contributed by atoms with van der Waals surface area (Å²) in [6, 6.07) is 24.2. The largest absolute Gasteiger partial charge is 0.350 e. The zero-order valence-corrected chi connectivity index (χ0v) is 17.0. The Bertz CT molecular complexity index is 885. The van der Waals surface area contributed by atoms with Crippen LogP contribution in [0.2, 0.25) is 0 Å². The van der Waals surface area contributed by atoms with E-state index < -0.39 is 0 Å². The van der Waals surface area contributed by atoms with Crippen LogP contribution in [-0.4, -0.2) is 42.5 Å². The zero-order chi connectivity index (χ0) is 19.8. The summed E-state index contributed by atoms with van der Waals surface area (Å²) in [7, 11) is 4.08. The fourth-order valence-electron chi connectivity index (χ4n) is 2.87. The van der Waals surface area contributed by atoms with Crippen LogP contribution in [0.5, 0.6) is 0 Å². The first-order chi connectivity index (χ1) is 13.6. The van der Waals surface area contributed by atoms with Gasteiger partial charge in [-0.3, -0.25) is 4.79 Å². The molecule has 4 nitrogen and oxygen atoms in total. The molecule has 0 radical (unpaired) electrons. The van der Waals surface area contributed by atoms with Gasteiger partial charge in [0.25, 0.3) is 5.91 Å². The van der Waals surface area contributed by atoms with Crippen LogP contribution in [0.25, 0.3) is 0 Å². The Hall–Kier alpha value is -2.63. The van der Waals surface area contributed by atoms with Crippen molar-refractivity contribution in [2.75, 3.05) is 20.6 Å². The van der Waals surface area contributed by atoms with Crippen LogP contribution in [0, 0.1) is 0 Å². The second-order valence-corrected chi connectivity index (χ2v) is 7.85. The maximum atomic E-state index is 12.9. The summed E-state index contributed by atoms with van der Waals surface area (Å²) in [4.78, 5) is 20.5. The van der Waals surface area contributed by atoms with Crippen molar-refractivity contribution in [2.45, 2.75) is 22.4 Å². The van der Waals surface area contributed by atoms with Gasteiger partial charge < -0.3 is 10.2 Å². The minimum absolute atomic E-state index is 0.0913. The van der Waals surface area contributed by atoms with Gasteiger partial charge in [0.05, 0.1) is 5.56 Å². The first-order valence-electron chi connectivity index (χ1n) is 9.30. The summed E-state index contributed by atoms with van der Waals surface area (Å²) in [5.41, 5.74) is 1.87. The number of amides is 1. The van der Waals surface area contributed by atoms with E-state index in [9.17, 15) is 4.79 Å². The average molecular weight is 392 g/mol. The molecule has 1 N–H and O–H groups in total. The lowest BCUT2D eigenvalue weighted by Gasteiger charge is -2.25. The predicted molar refractivity (Wildman–Crippen MR) is 115 cm³/mol. The van der Waals surface area contributed by atoms with Gasteiger partial charge in [-0.25, -0.2) is 4.98 Å². The Balaban J connectivity index is 1.67.